The van der Waals surface area contributed by atoms with E-state index in [9.17, 15) is 9.59 Å². The number of hydrogen-bond donors (Lipinski definition) is 1. The zero-order valence-electron chi connectivity index (χ0n) is 23.2. The molecule has 6 rings (SSSR count). The van der Waals surface area contributed by atoms with E-state index in [1.54, 1.807) is 47.4 Å². The minimum atomic E-state index is -0.903. The van der Waals surface area contributed by atoms with Crippen molar-refractivity contribution in [2.45, 2.75) is 13.3 Å². The molecule has 0 unspecified atom stereocenters. The van der Waals surface area contributed by atoms with Crippen molar-refractivity contribution in [1.29, 1.82) is 0 Å². The van der Waals surface area contributed by atoms with Crippen LogP contribution < -0.4 is 4.74 Å². The SMILES string of the molecule is CC(=O)Oc1cc(-c2ccc(Br)cc2)nn1-c1ccccn1.O=C(O)Cc1cc(-c2ccc(Br)cc2)nn1-c1ccccn1. The largest absolute Gasteiger partial charge is 0.481 e. The first-order valence-corrected chi connectivity index (χ1v) is 14.8. The molecule has 12 heteroatoms. The molecular formula is C32H24Br2N6O4. The van der Waals surface area contributed by atoms with Crippen molar-refractivity contribution in [3.63, 3.8) is 0 Å². The van der Waals surface area contributed by atoms with Crippen molar-refractivity contribution in [3.8, 4) is 40.0 Å². The first kappa shape index (κ1) is 30.5. The molecule has 4 heterocycles. The summed E-state index contributed by atoms with van der Waals surface area (Å²) < 4.78 is 10.3. The number of hydrogen-bond acceptors (Lipinski definition) is 7. The normalized spacial score (nSPS) is 10.5. The molecule has 1 N–H and O–H groups in total. The van der Waals surface area contributed by atoms with E-state index >= 15 is 0 Å². The molecule has 6 aromatic rings. The van der Waals surface area contributed by atoms with E-state index < -0.39 is 11.9 Å². The Hall–Kier alpha value is -4.94. The van der Waals surface area contributed by atoms with Crippen molar-refractivity contribution in [3.05, 3.63) is 124 Å². The zero-order chi connectivity index (χ0) is 31.1. The molecule has 44 heavy (non-hydrogen) atoms. The van der Waals surface area contributed by atoms with Gasteiger partial charge in [-0.3, -0.25) is 9.59 Å². The first-order valence-electron chi connectivity index (χ1n) is 13.2. The van der Waals surface area contributed by atoms with Crippen LogP contribution in [-0.2, 0) is 16.0 Å². The molecule has 4 aromatic heterocycles. The Morgan fingerprint density at radius 2 is 1.23 bits per heavy atom. The van der Waals surface area contributed by atoms with Gasteiger partial charge in [0, 0.05) is 45.5 Å². The van der Waals surface area contributed by atoms with Gasteiger partial charge in [-0.1, -0.05) is 68.3 Å². The number of halogens is 2. The molecule has 0 fully saturated rings. The fourth-order valence-electron chi connectivity index (χ4n) is 4.13. The summed E-state index contributed by atoms with van der Waals surface area (Å²) in [6.45, 7) is 1.36. The number of ether oxygens (including phenoxy) is 1. The van der Waals surface area contributed by atoms with Crippen molar-refractivity contribution in [2.24, 2.45) is 0 Å². The first-order chi connectivity index (χ1) is 21.3. The van der Waals surface area contributed by atoms with Gasteiger partial charge in [-0.15, -0.1) is 0 Å². The quantitative estimate of drug-likeness (QED) is 0.176. The van der Waals surface area contributed by atoms with Gasteiger partial charge >= 0.3 is 11.9 Å². The molecule has 0 atom stereocenters. The van der Waals surface area contributed by atoms with Gasteiger partial charge in [0.05, 0.1) is 23.5 Å². The molecule has 0 saturated heterocycles. The number of carbonyl (C=O) groups excluding carboxylic acids is 1. The third-order valence-electron chi connectivity index (χ3n) is 6.05. The monoisotopic (exact) mass is 714 g/mol. The second-order valence-electron chi connectivity index (χ2n) is 9.27. The minimum absolute atomic E-state index is 0.111. The Labute approximate surface area is 269 Å². The van der Waals surface area contributed by atoms with Crippen LogP contribution in [0.4, 0.5) is 0 Å². The highest BCUT2D eigenvalue weighted by Gasteiger charge is 2.16. The van der Waals surface area contributed by atoms with Crippen LogP contribution in [0.25, 0.3) is 34.2 Å². The maximum absolute atomic E-state index is 11.3. The van der Waals surface area contributed by atoms with Gasteiger partial charge in [-0.2, -0.15) is 14.9 Å². The highest BCUT2D eigenvalue weighted by molar-refractivity contribution is 9.10. The lowest BCUT2D eigenvalue weighted by atomic mass is 10.1. The van der Waals surface area contributed by atoms with Gasteiger partial charge in [-0.05, 0) is 54.6 Å². The average Bonchev–Trinajstić information content (AvgIpc) is 3.63. The summed E-state index contributed by atoms with van der Waals surface area (Å²) in [5, 5.41) is 18.1. The second kappa shape index (κ2) is 14.0. The number of rotatable bonds is 7. The van der Waals surface area contributed by atoms with Crippen molar-refractivity contribution in [1.82, 2.24) is 29.5 Å². The van der Waals surface area contributed by atoms with Crippen LogP contribution >= 0.6 is 31.9 Å². The zero-order valence-corrected chi connectivity index (χ0v) is 26.4. The molecule has 0 spiro atoms. The molecule has 0 saturated carbocycles. The molecule has 0 radical (unpaired) electrons. The lowest BCUT2D eigenvalue weighted by Crippen LogP contribution is -2.08. The third-order valence-corrected chi connectivity index (χ3v) is 7.11. The summed E-state index contributed by atoms with van der Waals surface area (Å²) in [7, 11) is 0. The Kier molecular flexibility index (Phi) is 9.72. The maximum atomic E-state index is 11.3. The van der Waals surface area contributed by atoms with Crippen LogP contribution in [0.2, 0.25) is 0 Å². The molecule has 0 aliphatic carbocycles. The van der Waals surface area contributed by atoms with Crippen molar-refractivity contribution < 1.29 is 19.4 Å². The maximum Gasteiger partial charge on any atom is 0.309 e. The molecule has 0 aliphatic heterocycles. The van der Waals surface area contributed by atoms with Crippen LogP contribution in [-0.4, -0.2) is 46.6 Å². The number of carbonyl (C=O) groups is 2. The van der Waals surface area contributed by atoms with E-state index in [-0.39, 0.29) is 6.42 Å². The minimum Gasteiger partial charge on any atom is -0.481 e. The van der Waals surface area contributed by atoms with Gasteiger partial charge in [0.1, 0.15) is 0 Å². The Balaban J connectivity index is 0.000000175. The molecule has 0 aliphatic rings. The van der Waals surface area contributed by atoms with E-state index in [2.05, 4.69) is 52.0 Å². The third kappa shape index (κ3) is 7.71. The van der Waals surface area contributed by atoms with Gasteiger partial charge in [0.2, 0.25) is 5.88 Å². The fraction of sp³-hybridized carbons (Fsp3) is 0.0625. The Bertz CT molecular complexity index is 1740. The summed E-state index contributed by atoms with van der Waals surface area (Å²) in [4.78, 5) is 30.8. The van der Waals surface area contributed by atoms with Gasteiger partial charge in [0.15, 0.2) is 11.6 Å². The van der Waals surface area contributed by atoms with E-state index in [1.807, 2.05) is 66.7 Å². The molecule has 2 aromatic carbocycles. The molecular weight excluding hydrogens is 692 g/mol. The summed E-state index contributed by atoms with van der Waals surface area (Å²) in [6.07, 6.45) is 3.20. The number of carboxylic acids is 1. The number of nitrogens with zero attached hydrogens (tertiary/aromatic N) is 6. The van der Waals surface area contributed by atoms with Crippen molar-refractivity contribution >= 4 is 43.8 Å². The average molecular weight is 716 g/mol. The number of esters is 1. The van der Waals surface area contributed by atoms with Crippen LogP contribution in [0.15, 0.2) is 118 Å². The molecule has 0 bridgehead atoms. The van der Waals surface area contributed by atoms with E-state index in [4.69, 9.17) is 9.84 Å². The van der Waals surface area contributed by atoms with Crippen molar-refractivity contribution in [2.75, 3.05) is 0 Å². The van der Waals surface area contributed by atoms with Crippen LogP contribution in [0.3, 0.4) is 0 Å². The Morgan fingerprint density at radius 1 is 0.727 bits per heavy atom. The smallest absolute Gasteiger partial charge is 0.309 e. The number of benzene rings is 2. The number of aromatic nitrogens is 6. The predicted octanol–water partition coefficient (Wildman–Crippen LogP) is 6.95. The summed E-state index contributed by atoms with van der Waals surface area (Å²) in [6, 6.07) is 29.8. The highest BCUT2D eigenvalue weighted by Crippen LogP contribution is 2.27. The van der Waals surface area contributed by atoms with Crippen LogP contribution in [0.5, 0.6) is 5.88 Å². The van der Waals surface area contributed by atoms with E-state index in [0.29, 0.717) is 28.9 Å². The molecule has 0 amide bonds. The highest BCUT2D eigenvalue weighted by atomic mass is 79.9. The predicted molar refractivity (Wildman–Crippen MR) is 172 cm³/mol. The topological polar surface area (TPSA) is 125 Å². The summed E-state index contributed by atoms with van der Waals surface area (Å²) in [5.41, 5.74) is 3.85. The van der Waals surface area contributed by atoms with Crippen LogP contribution in [0, 0.1) is 0 Å². The second-order valence-corrected chi connectivity index (χ2v) is 11.1. The standard InChI is InChI=1S/2C16H12BrN3O2/c1-11(21)22-16-10-14(12-5-7-13(17)8-6-12)19-20(16)15-4-2-3-9-18-15;17-12-6-4-11(5-7-12)14-9-13(10-16(21)22)20(19-14)15-3-1-2-8-18-15/h2-10H,1H3;1-9H,10H2,(H,21,22). The number of aliphatic carboxylic acids is 1. The van der Waals surface area contributed by atoms with Gasteiger partial charge in [-0.25, -0.2) is 14.6 Å². The summed E-state index contributed by atoms with van der Waals surface area (Å²) in [5.74, 6) is 0.215. The van der Waals surface area contributed by atoms with E-state index in [1.165, 1.54) is 11.6 Å². The van der Waals surface area contributed by atoms with Gasteiger partial charge < -0.3 is 9.84 Å². The number of carboxylic acid groups (broad SMARTS) is 1. The van der Waals surface area contributed by atoms with E-state index in [0.717, 1.165) is 25.8 Å². The number of pyridine rings is 2. The lowest BCUT2D eigenvalue weighted by Gasteiger charge is -2.04. The summed E-state index contributed by atoms with van der Waals surface area (Å²) >= 11 is 6.80. The van der Waals surface area contributed by atoms with Gasteiger partial charge in [0.25, 0.3) is 0 Å². The lowest BCUT2D eigenvalue weighted by molar-refractivity contribution is -0.136. The Morgan fingerprint density at radius 3 is 1.70 bits per heavy atom. The molecule has 10 nitrogen and oxygen atoms in total. The van der Waals surface area contributed by atoms with Crippen LogP contribution in [0.1, 0.15) is 12.6 Å². The molecule has 220 valence electrons. The fourth-order valence-corrected chi connectivity index (χ4v) is 4.66.